The molecule has 1 unspecified atom stereocenters. The van der Waals surface area contributed by atoms with Crippen molar-refractivity contribution in [3.05, 3.63) is 59.2 Å². The minimum Gasteiger partial charge on any atom is -0.508 e. The fourth-order valence-corrected chi connectivity index (χ4v) is 2.85. The van der Waals surface area contributed by atoms with Crippen LogP contribution in [0.25, 0.3) is 0 Å². The Kier molecular flexibility index (Phi) is 2.71. The average molecular weight is 240 g/mol. The molecule has 1 atom stereocenters. The third-order valence-electron chi connectivity index (χ3n) is 3.79. The molecule has 2 aromatic rings. The number of phenols is 2. The highest BCUT2D eigenvalue weighted by molar-refractivity contribution is 5.45. The second kappa shape index (κ2) is 4.37. The van der Waals surface area contributed by atoms with Gasteiger partial charge in [-0.1, -0.05) is 24.3 Å². The summed E-state index contributed by atoms with van der Waals surface area (Å²) in [5, 5.41) is 19.1. The lowest BCUT2D eigenvalue weighted by Crippen LogP contribution is -1.98. The van der Waals surface area contributed by atoms with Crippen molar-refractivity contribution in [1.82, 2.24) is 0 Å². The van der Waals surface area contributed by atoms with Gasteiger partial charge in [-0.25, -0.2) is 0 Å². The third kappa shape index (κ3) is 1.94. The van der Waals surface area contributed by atoms with E-state index in [-0.39, 0.29) is 0 Å². The summed E-state index contributed by atoms with van der Waals surface area (Å²) in [6.45, 7) is 0. The van der Waals surface area contributed by atoms with Gasteiger partial charge in [0.15, 0.2) is 0 Å². The van der Waals surface area contributed by atoms with Crippen LogP contribution < -0.4 is 0 Å². The zero-order chi connectivity index (χ0) is 12.5. The molecule has 0 bridgehead atoms. The van der Waals surface area contributed by atoms with Gasteiger partial charge in [-0.05, 0) is 60.1 Å². The van der Waals surface area contributed by atoms with Crippen molar-refractivity contribution in [2.75, 3.05) is 0 Å². The summed E-state index contributed by atoms with van der Waals surface area (Å²) < 4.78 is 0. The van der Waals surface area contributed by atoms with Gasteiger partial charge in [-0.2, -0.15) is 0 Å². The van der Waals surface area contributed by atoms with Gasteiger partial charge in [0.25, 0.3) is 0 Å². The molecule has 0 saturated carbocycles. The van der Waals surface area contributed by atoms with Crippen LogP contribution in [0.5, 0.6) is 11.5 Å². The summed E-state index contributed by atoms with van der Waals surface area (Å²) in [5.74, 6) is 1.22. The monoisotopic (exact) mass is 240 g/mol. The summed E-state index contributed by atoms with van der Waals surface area (Å²) in [6, 6.07) is 13.2. The first-order chi connectivity index (χ1) is 8.74. The summed E-state index contributed by atoms with van der Waals surface area (Å²) in [6.07, 6.45) is 3.02. The fraction of sp³-hybridized carbons (Fsp3) is 0.250. The molecule has 0 aliphatic heterocycles. The Labute approximate surface area is 107 Å². The first-order valence-electron chi connectivity index (χ1n) is 6.32. The number of aromatic hydroxyl groups is 2. The highest BCUT2D eigenvalue weighted by Crippen LogP contribution is 2.39. The molecule has 1 aliphatic carbocycles. The maximum atomic E-state index is 9.82. The van der Waals surface area contributed by atoms with E-state index >= 15 is 0 Å². The zero-order valence-corrected chi connectivity index (χ0v) is 10.1. The van der Waals surface area contributed by atoms with E-state index in [4.69, 9.17) is 0 Å². The first kappa shape index (κ1) is 11.1. The van der Waals surface area contributed by atoms with Crippen LogP contribution in [0.2, 0.25) is 0 Å². The molecular weight excluding hydrogens is 224 g/mol. The number of rotatable bonds is 2. The van der Waals surface area contributed by atoms with Gasteiger partial charge in [0.2, 0.25) is 0 Å². The molecule has 2 nitrogen and oxygen atoms in total. The smallest absolute Gasteiger partial charge is 0.119 e. The van der Waals surface area contributed by atoms with Crippen LogP contribution in [0.1, 0.15) is 29.0 Å². The molecule has 0 heterocycles. The summed E-state index contributed by atoms with van der Waals surface area (Å²) >= 11 is 0. The molecular formula is C16H16O2. The SMILES string of the molecule is Oc1ccc(CC2CCc3c(O)cccc32)cc1. The van der Waals surface area contributed by atoms with Gasteiger partial charge in [0.05, 0.1) is 0 Å². The molecule has 2 N–H and O–H groups in total. The van der Waals surface area contributed by atoms with Crippen LogP contribution in [0, 0.1) is 0 Å². The molecule has 1 aliphatic rings. The second-order valence-corrected chi connectivity index (χ2v) is 4.95. The van der Waals surface area contributed by atoms with Crippen molar-refractivity contribution in [1.29, 1.82) is 0 Å². The predicted octanol–water partition coefficient (Wildman–Crippen LogP) is 3.37. The van der Waals surface area contributed by atoms with Crippen LogP contribution in [0.4, 0.5) is 0 Å². The van der Waals surface area contributed by atoms with Crippen molar-refractivity contribution in [3.63, 3.8) is 0 Å². The lowest BCUT2D eigenvalue weighted by Gasteiger charge is -2.12. The molecule has 0 radical (unpaired) electrons. The Balaban J connectivity index is 1.85. The second-order valence-electron chi connectivity index (χ2n) is 4.95. The van der Waals surface area contributed by atoms with Gasteiger partial charge in [0, 0.05) is 0 Å². The Morgan fingerprint density at radius 2 is 1.78 bits per heavy atom. The molecule has 2 heteroatoms. The van der Waals surface area contributed by atoms with E-state index in [1.165, 1.54) is 11.1 Å². The van der Waals surface area contributed by atoms with Crippen molar-refractivity contribution in [2.45, 2.75) is 25.2 Å². The van der Waals surface area contributed by atoms with Gasteiger partial charge in [-0.15, -0.1) is 0 Å². The van der Waals surface area contributed by atoms with Crippen molar-refractivity contribution in [2.24, 2.45) is 0 Å². The molecule has 18 heavy (non-hydrogen) atoms. The first-order valence-corrected chi connectivity index (χ1v) is 6.32. The molecule has 0 saturated heterocycles. The van der Waals surface area contributed by atoms with Gasteiger partial charge in [-0.3, -0.25) is 0 Å². The predicted molar refractivity (Wildman–Crippen MR) is 71.0 cm³/mol. The summed E-state index contributed by atoms with van der Waals surface area (Å²) in [7, 11) is 0. The van der Waals surface area contributed by atoms with Crippen molar-refractivity contribution in [3.8, 4) is 11.5 Å². The molecule has 0 spiro atoms. The van der Waals surface area contributed by atoms with Gasteiger partial charge < -0.3 is 10.2 Å². The van der Waals surface area contributed by atoms with Crippen LogP contribution in [0.15, 0.2) is 42.5 Å². The molecule has 2 aromatic carbocycles. The minimum atomic E-state index is 0.309. The number of phenolic OH excluding ortho intramolecular Hbond substituents is 2. The van der Waals surface area contributed by atoms with Gasteiger partial charge >= 0.3 is 0 Å². The maximum Gasteiger partial charge on any atom is 0.119 e. The zero-order valence-electron chi connectivity index (χ0n) is 10.1. The Hall–Kier alpha value is -1.96. The quantitative estimate of drug-likeness (QED) is 0.845. The van der Waals surface area contributed by atoms with E-state index in [0.717, 1.165) is 24.8 Å². The largest absolute Gasteiger partial charge is 0.508 e. The van der Waals surface area contributed by atoms with Crippen LogP contribution in [-0.4, -0.2) is 10.2 Å². The summed E-state index contributed by atoms with van der Waals surface area (Å²) in [5.41, 5.74) is 3.62. The third-order valence-corrected chi connectivity index (χ3v) is 3.79. The molecule has 92 valence electrons. The van der Waals surface area contributed by atoms with E-state index in [2.05, 4.69) is 6.07 Å². The number of hydrogen-bond donors (Lipinski definition) is 2. The van der Waals surface area contributed by atoms with Gasteiger partial charge in [0.1, 0.15) is 11.5 Å². The Morgan fingerprint density at radius 3 is 2.56 bits per heavy atom. The Morgan fingerprint density at radius 1 is 1.00 bits per heavy atom. The number of hydrogen-bond acceptors (Lipinski definition) is 2. The van der Waals surface area contributed by atoms with Crippen LogP contribution in [-0.2, 0) is 12.8 Å². The molecule has 0 fully saturated rings. The topological polar surface area (TPSA) is 40.5 Å². The number of benzene rings is 2. The average Bonchev–Trinajstić information content (AvgIpc) is 2.77. The lowest BCUT2D eigenvalue weighted by atomic mass is 9.93. The fourth-order valence-electron chi connectivity index (χ4n) is 2.85. The van der Waals surface area contributed by atoms with E-state index in [1.807, 2.05) is 18.2 Å². The standard InChI is InChI=1S/C16H16O2/c17-13-7-4-11(5-8-13)10-12-6-9-15-14(12)2-1-3-16(15)18/h1-5,7-8,12,17-18H,6,9-10H2. The van der Waals surface area contributed by atoms with Crippen LogP contribution in [0.3, 0.4) is 0 Å². The highest BCUT2D eigenvalue weighted by atomic mass is 16.3. The molecule has 0 aromatic heterocycles. The van der Waals surface area contributed by atoms with E-state index in [1.54, 1.807) is 18.2 Å². The van der Waals surface area contributed by atoms with E-state index in [0.29, 0.717) is 17.4 Å². The van der Waals surface area contributed by atoms with Crippen molar-refractivity contribution < 1.29 is 10.2 Å². The summed E-state index contributed by atoms with van der Waals surface area (Å²) in [4.78, 5) is 0. The minimum absolute atomic E-state index is 0.309. The lowest BCUT2D eigenvalue weighted by molar-refractivity contribution is 0.469. The van der Waals surface area contributed by atoms with Crippen molar-refractivity contribution >= 4 is 0 Å². The molecule has 0 amide bonds. The van der Waals surface area contributed by atoms with E-state index < -0.39 is 0 Å². The highest BCUT2D eigenvalue weighted by Gasteiger charge is 2.24. The Bertz CT molecular complexity index is 558. The van der Waals surface area contributed by atoms with E-state index in [9.17, 15) is 10.2 Å². The van der Waals surface area contributed by atoms with Crippen LogP contribution >= 0.6 is 0 Å². The molecule has 3 rings (SSSR count). The normalized spacial score (nSPS) is 17.7. The maximum absolute atomic E-state index is 9.82. The number of fused-ring (bicyclic) bond motifs is 1.